The van der Waals surface area contributed by atoms with E-state index in [2.05, 4.69) is 6.07 Å². The van der Waals surface area contributed by atoms with Gasteiger partial charge in [0.25, 0.3) is 5.91 Å². The number of aliphatic hydroxyl groups excluding tert-OH is 1. The van der Waals surface area contributed by atoms with Crippen LogP contribution in [0, 0.1) is 0 Å². The summed E-state index contributed by atoms with van der Waals surface area (Å²) in [6.45, 7) is 0.933. The lowest BCUT2D eigenvalue weighted by Gasteiger charge is -2.41. The maximum Gasteiger partial charge on any atom is 0.259 e. The zero-order valence-corrected chi connectivity index (χ0v) is 22.9. The number of methoxy groups -OCH3 is 1. The Morgan fingerprint density at radius 3 is 2.51 bits per heavy atom. The largest absolute Gasteiger partial charge is 0.497 e. The van der Waals surface area contributed by atoms with E-state index in [1.165, 1.54) is 0 Å². The van der Waals surface area contributed by atoms with Gasteiger partial charge in [-0.15, -0.1) is 0 Å². The summed E-state index contributed by atoms with van der Waals surface area (Å²) in [4.78, 5) is 21.7. The molecule has 0 aliphatic carbocycles. The van der Waals surface area contributed by atoms with Crippen molar-refractivity contribution >= 4 is 17.5 Å². The van der Waals surface area contributed by atoms with Gasteiger partial charge in [0.2, 0.25) is 5.90 Å². The number of aliphatic hydroxyl groups is 1. The maximum atomic E-state index is 14.7. The standard InChI is InChI=1S/C34H32N2O5/c1-39-29-13-7-12-26(21-29)31-34(35-32(41-31)25-15-17-28(18-16-25)40-20-8-19-37)22-27-11-5-6-14-30(27)36(33(34)38)23-24-9-3-2-4-10-24/h2-7,9-18,21,31,37H,8,19-20,22-23H2,1H3/t31-,34-/m1/s1. The molecule has 2 heterocycles. The predicted octanol–water partition coefficient (Wildman–Crippen LogP) is 5.50. The molecule has 1 spiro atoms. The van der Waals surface area contributed by atoms with Gasteiger partial charge in [-0.2, -0.15) is 0 Å². The van der Waals surface area contributed by atoms with Crippen LogP contribution in [0.2, 0.25) is 0 Å². The molecule has 0 bridgehead atoms. The Balaban J connectivity index is 1.44. The summed E-state index contributed by atoms with van der Waals surface area (Å²) in [7, 11) is 1.63. The molecule has 4 aromatic carbocycles. The maximum absolute atomic E-state index is 14.7. The highest BCUT2D eigenvalue weighted by molar-refractivity contribution is 6.08. The fourth-order valence-corrected chi connectivity index (χ4v) is 5.55. The molecule has 7 heteroatoms. The normalized spacial score (nSPS) is 19.5. The predicted molar refractivity (Wildman–Crippen MR) is 158 cm³/mol. The number of benzene rings is 4. The van der Waals surface area contributed by atoms with E-state index in [0.717, 1.165) is 27.9 Å². The third kappa shape index (κ3) is 5.16. The topological polar surface area (TPSA) is 80.6 Å². The van der Waals surface area contributed by atoms with E-state index in [9.17, 15) is 4.79 Å². The molecule has 7 nitrogen and oxygen atoms in total. The number of carbonyl (C=O) groups excluding carboxylic acids is 1. The summed E-state index contributed by atoms with van der Waals surface area (Å²) >= 11 is 0. The van der Waals surface area contributed by atoms with Gasteiger partial charge in [0.15, 0.2) is 11.6 Å². The average molecular weight is 549 g/mol. The number of carbonyl (C=O) groups is 1. The fourth-order valence-electron chi connectivity index (χ4n) is 5.55. The van der Waals surface area contributed by atoms with Crippen LogP contribution in [0.25, 0.3) is 0 Å². The zero-order chi connectivity index (χ0) is 28.2. The Morgan fingerprint density at radius 1 is 0.951 bits per heavy atom. The lowest BCUT2D eigenvalue weighted by atomic mass is 9.78. The lowest BCUT2D eigenvalue weighted by molar-refractivity contribution is -0.127. The first kappa shape index (κ1) is 26.6. The molecule has 1 amide bonds. The third-order valence-corrected chi connectivity index (χ3v) is 7.57. The molecular formula is C34H32N2O5. The van der Waals surface area contributed by atoms with Gasteiger partial charge in [-0.05, 0) is 59.2 Å². The van der Waals surface area contributed by atoms with E-state index >= 15 is 0 Å². The molecule has 0 saturated carbocycles. The van der Waals surface area contributed by atoms with Crippen molar-refractivity contribution in [2.24, 2.45) is 4.99 Å². The van der Waals surface area contributed by atoms with Gasteiger partial charge in [-0.3, -0.25) is 4.79 Å². The van der Waals surface area contributed by atoms with Crippen LogP contribution >= 0.6 is 0 Å². The second kappa shape index (κ2) is 11.5. The second-order valence-electron chi connectivity index (χ2n) is 10.2. The van der Waals surface area contributed by atoms with E-state index in [1.807, 2.05) is 102 Å². The second-order valence-corrected chi connectivity index (χ2v) is 10.2. The Morgan fingerprint density at radius 2 is 1.73 bits per heavy atom. The van der Waals surface area contributed by atoms with Crippen molar-refractivity contribution in [3.8, 4) is 11.5 Å². The Hall–Kier alpha value is -4.62. The number of amides is 1. The van der Waals surface area contributed by atoms with Crippen LogP contribution in [0.15, 0.2) is 108 Å². The molecular weight excluding hydrogens is 516 g/mol. The molecule has 6 rings (SSSR count). The smallest absolute Gasteiger partial charge is 0.259 e. The molecule has 0 fully saturated rings. The molecule has 1 N–H and O–H groups in total. The van der Waals surface area contributed by atoms with Crippen molar-refractivity contribution in [3.05, 3.63) is 125 Å². The number of rotatable bonds is 9. The van der Waals surface area contributed by atoms with Gasteiger partial charge < -0.3 is 24.2 Å². The number of nitrogens with zero attached hydrogens (tertiary/aromatic N) is 2. The molecule has 0 aromatic heterocycles. The van der Waals surface area contributed by atoms with Crippen molar-refractivity contribution in [1.82, 2.24) is 0 Å². The van der Waals surface area contributed by atoms with Crippen molar-refractivity contribution < 1.29 is 24.1 Å². The Kier molecular flexibility index (Phi) is 7.44. The van der Waals surface area contributed by atoms with Gasteiger partial charge >= 0.3 is 0 Å². The van der Waals surface area contributed by atoms with Crippen LogP contribution in [0.1, 0.15) is 34.8 Å². The van der Waals surface area contributed by atoms with Gasteiger partial charge in [-0.25, -0.2) is 4.99 Å². The molecule has 41 heavy (non-hydrogen) atoms. The highest BCUT2D eigenvalue weighted by atomic mass is 16.5. The average Bonchev–Trinajstić information content (AvgIpc) is 3.40. The van der Waals surface area contributed by atoms with Gasteiger partial charge in [0.05, 0.1) is 20.3 Å². The summed E-state index contributed by atoms with van der Waals surface area (Å²) in [5.74, 6) is 1.68. The number of aliphatic imine (C=N–C) groups is 1. The molecule has 4 aromatic rings. The molecule has 0 saturated heterocycles. The van der Waals surface area contributed by atoms with E-state index in [4.69, 9.17) is 24.3 Å². The highest BCUT2D eigenvalue weighted by Crippen LogP contribution is 2.48. The summed E-state index contributed by atoms with van der Waals surface area (Å²) in [5, 5.41) is 9.04. The third-order valence-electron chi connectivity index (χ3n) is 7.57. The van der Waals surface area contributed by atoms with E-state index < -0.39 is 11.6 Å². The number of ether oxygens (including phenoxy) is 3. The van der Waals surface area contributed by atoms with Crippen molar-refractivity contribution in [3.63, 3.8) is 0 Å². The monoisotopic (exact) mass is 548 g/mol. The van der Waals surface area contributed by atoms with Gasteiger partial charge in [0, 0.05) is 30.7 Å². The van der Waals surface area contributed by atoms with Crippen molar-refractivity contribution in [1.29, 1.82) is 0 Å². The highest BCUT2D eigenvalue weighted by Gasteiger charge is 2.57. The number of hydrogen-bond acceptors (Lipinski definition) is 6. The minimum Gasteiger partial charge on any atom is -0.497 e. The van der Waals surface area contributed by atoms with Crippen LogP contribution in [0.4, 0.5) is 5.69 Å². The Labute approximate surface area is 239 Å². The van der Waals surface area contributed by atoms with Crippen LogP contribution < -0.4 is 14.4 Å². The SMILES string of the molecule is COc1cccc([C@H]2OC(c3ccc(OCCCO)cc3)=N[C@]23Cc2ccccc2N(Cc2ccccc2)C3=O)c1. The first-order chi connectivity index (χ1) is 20.1. The van der Waals surface area contributed by atoms with E-state index in [0.29, 0.717) is 43.4 Å². The lowest BCUT2D eigenvalue weighted by Crippen LogP contribution is -2.54. The quantitative estimate of drug-likeness (QED) is 0.279. The van der Waals surface area contributed by atoms with Crippen LogP contribution in [0.5, 0.6) is 11.5 Å². The van der Waals surface area contributed by atoms with Crippen LogP contribution in [-0.4, -0.2) is 42.8 Å². The number of hydrogen-bond donors (Lipinski definition) is 1. The molecule has 2 atom stereocenters. The minimum absolute atomic E-state index is 0.0783. The molecule has 0 unspecified atom stereocenters. The van der Waals surface area contributed by atoms with E-state index in [1.54, 1.807) is 7.11 Å². The Bertz CT molecular complexity index is 1550. The van der Waals surface area contributed by atoms with Crippen LogP contribution in [0.3, 0.4) is 0 Å². The zero-order valence-electron chi connectivity index (χ0n) is 22.9. The molecule has 2 aliphatic rings. The first-order valence-corrected chi connectivity index (χ1v) is 13.8. The van der Waals surface area contributed by atoms with Gasteiger partial charge in [-0.1, -0.05) is 60.7 Å². The summed E-state index contributed by atoms with van der Waals surface area (Å²) in [5.41, 5.74) is 3.33. The fraction of sp³-hybridized carbons (Fsp3) is 0.235. The summed E-state index contributed by atoms with van der Waals surface area (Å²) in [6, 6.07) is 33.2. The number of para-hydroxylation sites is 1. The number of fused-ring (bicyclic) bond motifs is 1. The molecule has 208 valence electrons. The van der Waals surface area contributed by atoms with Crippen molar-refractivity contribution in [2.75, 3.05) is 25.2 Å². The number of anilines is 1. The summed E-state index contributed by atoms with van der Waals surface area (Å²) < 4.78 is 17.8. The van der Waals surface area contributed by atoms with Gasteiger partial charge in [0.1, 0.15) is 11.5 Å². The van der Waals surface area contributed by atoms with Crippen molar-refractivity contribution in [2.45, 2.75) is 31.0 Å². The minimum atomic E-state index is -1.21. The van der Waals surface area contributed by atoms with E-state index in [-0.39, 0.29) is 12.5 Å². The molecule has 2 aliphatic heterocycles. The van der Waals surface area contributed by atoms with Crippen LogP contribution in [-0.2, 0) is 22.5 Å². The molecule has 0 radical (unpaired) electrons. The summed E-state index contributed by atoms with van der Waals surface area (Å²) in [6.07, 6.45) is 0.305. The first-order valence-electron chi connectivity index (χ1n) is 13.8.